The molecule has 19 heavy (non-hydrogen) atoms. The van der Waals surface area contributed by atoms with Crippen molar-refractivity contribution in [3.63, 3.8) is 0 Å². The summed E-state index contributed by atoms with van der Waals surface area (Å²) in [5, 5.41) is 10.4. The van der Waals surface area contributed by atoms with Crippen molar-refractivity contribution in [2.45, 2.75) is 25.5 Å². The first kappa shape index (κ1) is 14.4. The van der Waals surface area contributed by atoms with Crippen LogP contribution in [0, 0.1) is 0 Å². The third-order valence-corrected chi connectivity index (χ3v) is 5.15. The quantitative estimate of drug-likeness (QED) is 0.819. The van der Waals surface area contributed by atoms with Crippen molar-refractivity contribution in [1.82, 2.24) is 4.72 Å². The monoisotopic (exact) mass is 305 g/mol. The fourth-order valence-corrected chi connectivity index (χ4v) is 3.86. The van der Waals surface area contributed by atoms with E-state index in [2.05, 4.69) is 4.72 Å². The van der Waals surface area contributed by atoms with E-state index in [1.165, 1.54) is 6.07 Å². The van der Waals surface area contributed by atoms with E-state index in [1.54, 1.807) is 5.38 Å². The maximum absolute atomic E-state index is 11.8. The molecule has 1 aromatic heterocycles. The first-order valence-corrected chi connectivity index (χ1v) is 8.39. The van der Waals surface area contributed by atoms with Gasteiger partial charge >= 0.3 is 5.97 Å². The standard InChI is InChI=1S/C11H15NO5S2/c13-11(14)10-4-8(6-18-10)5-12-19(15,16)7-9-2-1-3-17-9/h4,6,9,12H,1-3,5,7H2,(H,13,14). The van der Waals surface area contributed by atoms with Gasteiger partial charge in [-0.2, -0.15) is 0 Å². The molecule has 0 bridgehead atoms. The lowest BCUT2D eigenvalue weighted by molar-refractivity contribution is 0.0702. The molecular weight excluding hydrogens is 290 g/mol. The molecule has 1 aliphatic rings. The van der Waals surface area contributed by atoms with Gasteiger partial charge in [-0.25, -0.2) is 17.9 Å². The van der Waals surface area contributed by atoms with Crippen molar-refractivity contribution in [2.75, 3.05) is 12.4 Å². The predicted octanol–water partition coefficient (Wildman–Crippen LogP) is 1.04. The van der Waals surface area contributed by atoms with Crippen LogP contribution in [-0.2, 0) is 21.3 Å². The molecule has 0 radical (unpaired) electrons. The van der Waals surface area contributed by atoms with Crippen LogP contribution in [0.3, 0.4) is 0 Å². The van der Waals surface area contributed by atoms with E-state index in [0.29, 0.717) is 12.2 Å². The van der Waals surface area contributed by atoms with E-state index in [1.807, 2.05) is 0 Å². The maximum atomic E-state index is 11.8. The summed E-state index contributed by atoms with van der Waals surface area (Å²) >= 11 is 1.08. The Bertz CT molecular complexity index is 545. The van der Waals surface area contributed by atoms with E-state index in [9.17, 15) is 13.2 Å². The average Bonchev–Trinajstić information content (AvgIpc) is 2.96. The maximum Gasteiger partial charge on any atom is 0.345 e. The number of aromatic carboxylic acids is 1. The van der Waals surface area contributed by atoms with Crippen molar-refractivity contribution in [2.24, 2.45) is 0 Å². The van der Waals surface area contributed by atoms with Gasteiger partial charge in [-0.1, -0.05) is 0 Å². The van der Waals surface area contributed by atoms with E-state index in [4.69, 9.17) is 9.84 Å². The molecule has 1 fully saturated rings. The largest absolute Gasteiger partial charge is 0.477 e. The molecule has 0 spiro atoms. The average molecular weight is 305 g/mol. The normalized spacial score (nSPS) is 19.7. The van der Waals surface area contributed by atoms with Gasteiger partial charge in [0.05, 0.1) is 11.9 Å². The summed E-state index contributed by atoms with van der Waals surface area (Å²) in [5.74, 6) is -1.04. The first-order valence-electron chi connectivity index (χ1n) is 5.86. The fraction of sp³-hybridized carbons (Fsp3) is 0.545. The highest BCUT2D eigenvalue weighted by Crippen LogP contribution is 2.16. The summed E-state index contributed by atoms with van der Waals surface area (Å²) in [5.41, 5.74) is 0.651. The molecule has 1 aromatic rings. The molecule has 2 rings (SSSR count). The van der Waals surface area contributed by atoms with Crippen LogP contribution in [0.15, 0.2) is 11.4 Å². The summed E-state index contributed by atoms with van der Waals surface area (Å²) in [6.45, 7) is 0.728. The zero-order valence-electron chi connectivity index (χ0n) is 10.2. The van der Waals surface area contributed by atoms with Crippen molar-refractivity contribution in [3.05, 3.63) is 21.9 Å². The Morgan fingerprint density at radius 2 is 2.37 bits per heavy atom. The first-order chi connectivity index (χ1) is 8.96. The molecule has 1 aliphatic heterocycles. The lowest BCUT2D eigenvalue weighted by Crippen LogP contribution is -2.31. The number of nitrogens with one attached hydrogen (secondary N) is 1. The minimum Gasteiger partial charge on any atom is -0.477 e. The predicted molar refractivity (Wildman–Crippen MR) is 70.9 cm³/mol. The lowest BCUT2D eigenvalue weighted by Gasteiger charge is -2.10. The number of carboxylic acid groups (broad SMARTS) is 1. The molecule has 8 heteroatoms. The molecule has 0 saturated carbocycles. The summed E-state index contributed by atoms with van der Waals surface area (Å²) in [6.07, 6.45) is 1.43. The van der Waals surface area contributed by atoms with Crippen molar-refractivity contribution < 1.29 is 23.1 Å². The van der Waals surface area contributed by atoms with E-state index in [0.717, 1.165) is 24.2 Å². The van der Waals surface area contributed by atoms with Crippen LogP contribution in [0.2, 0.25) is 0 Å². The fourth-order valence-electron chi connectivity index (χ4n) is 1.85. The lowest BCUT2D eigenvalue weighted by atomic mass is 10.3. The molecule has 106 valence electrons. The van der Waals surface area contributed by atoms with Crippen molar-refractivity contribution >= 4 is 27.3 Å². The Hall–Kier alpha value is -0.960. The number of ether oxygens (including phenoxy) is 1. The Morgan fingerprint density at radius 3 is 2.95 bits per heavy atom. The van der Waals surface area contributed by atoms with Gasteiger partial charge in [-0.3, -0.25) is 0 Å². The van der Waals surface area contributed by atoms with Crippen LogP contribution in [0.5, 0.6) is 0 Å². The molecule has 6 nitrogen and oxygen atoms in total. The number of hydrogen-bond acceptors (Lipinski definition) is 5. The van der Waals surface area contributed by atoms with Crippen molar-refractivity contribution in [3.8, 4) is 0 Å². The number of thiophene rings is 1. The van der Waals surface area contributed by atoms with Gasteiger partial charge < -0.3 is 9.84 Å². The number of sulfonamides is 1. The number of hydrogen-bond donors (Lipinski definition) is 2. The second kappa shape index (κ2) is 6.00. The van der Waals surface area contributed by atoms with E-state index in [-0.39, 0.29) is 23.3 Å². The minimum absolute atomic E-state index is 0.0388. The Morgan fingerprint density at radius 1 is 1.58 bits per heavy atom. The molecule has 1 unspecified atom stereocenters. The van der Waals surface area contributed by atoms with Gasteiger partial charge in [0.2, 0.25) is 10.0 Å². The number of carboxylic acids is 1. The highest BCUT2D eigenvalue weighted by molar-refractivity contribution is 7.89. The third kappa shape index (κ3) is 4.27. The zero-order chi connectivity index (χ0) is 13.9. The summed E-state index contributed by atoms with van der Waals surface area (Å²) in [4.78, 5) is 10.9. The summed E-state index contributed by atoms with van der Waals surface area (Å²) < 4.78 is 31.3. The van der Waals surface area contributed by atoms with Gasteiger partial charge in [-0.15, -0.1) is 11.3 Å². The second-order valence-corrected chi connectivity index (χ2v) is 7.12. The molecule has 0 aromatic carbocycles. The van der Waals surface area contributed by atoms with Gasteiger partial charge in [-0.05, 0) is 29.9 Å². The Balaban J connectivity index is 1.87. The van der Waals surface area contributed by atoms with E-state index < -0.39 is 16.0 Å². The highest BCUT2D eigenvalue weighted by atomic mass is 32.2. The second-order valence-electron chi connectivity index (χ2n) is 4.36. The van der Waals surface area contributed by atoms with Crippen LogP contribution >= 0.6 is 11.3 Å². The third-order valence-electron chi connectivity index (χ3n) is 2.79. The molecule has 1 atom stereocenters. The van der Waals surface area contributed by atoms with Gasteiger partial charge in [0, 0.05) is 13.2 Å². The van der Waals surface area contributed by atoms with Crippen LogP contribution in [0.4, 0.5) is 0 Å². The Labute approximate surface area is 115 Å². The van der Waals surface area contributed by atoms with Gasteiger partial charge in [0.1, 0.15) is 4.88 Å². The number of carbonyl (C=O) groups is 1. The SMILES string of the molecule is O=C(O)c1cc(CNS(=O)(=O)CC2CCCO2)cs1. The van der Waals surface area contributed by atoms with Crippen LogP contribution in [0.1, 0.15) is 28.1 Å². The van der Waals surface area contributed by atoms with Crippen LogP contribution in [-0.4, -0.2) is 38.0 Å². The van der Waals surface area contributed by atoms with Gasteiger partial charge in [0.25, 0.3) is 0 Å². The summed E-state index contributed by atoms with van der Waals surface area (Å²) in [7, 11) is -3.39. The van der Waals surface area contributed by atoms with Crippen LogP contribution < -0.4 is 4.72 Å². The minimum atomic E-state index is -3.39. The van der Waals surface area contributed by atoms with Crippen LogP contribution in [0.25, 0.3) is 0 Å². The topological polar surface area (TPSA) is 92.7 Å². The molecule has 1 saturated heterocycles. The van der Waals surface area contributed by atoms with Gasteiger partial charge in [0.15, 0.2) is 0 Å². The zero-order valence-corrected chi connectivity index (χ0v) is 11.8. The molecule has 0 amide bonds. The molecule has 2 heterocycles. The highest BCUT2D eigenvalue weighted by Gasteiger charge is 2.23. The molecule has 2 N–H and O–H groups in total. The molecule has 0 aliphatic carbocycles. The Kier molecular flexibility index (Phi) is 4.56. The van der Waals surface area contributed by atoms with E-state index >= 15 is 0 Å². The van der Waals surface area contributed by atoms with Crippen molar-refractivity contribution in [1.29, 1.82) is 0 Å². The smallest absolute Gasteiger partial charge is 0.345 e. The molecular formula is C11H15NO5S2. The summed E-state index contributed by atoms with van der Waals surface area (Å²) in [6, 6.07) is 1.47. The number of rotatable bonds is 6.